The van der Waals surface area contributed by atoms with Crippen LogP contribution in [0.5, 0.6) is 0 Å². The predicted molar refractivity (Wildman–Crippen MR) is 47.4 cm³/mol. The van der Waals surface area contributed by atoms with Crippen LogP contribution < -0.4 is 5.32 Å². The fourth-order valence-corrected chi connectivity index (χ4v) is 2.24. The van der Waals surface area contributed by atoms with Crippen LogP contribution in [0.25, 0.3) is 0 Å². The molecule has 0 aromatic heterocycles. The van der Waals surface area contributed by atoms with Gasteiger partial charge in [0, 0.05) is 13.1 Å². The van der Waals surface area contributed by atoms with Crippen LogP contribution in [0.2, 0.25) is 0 Å². The Morgan fingerprint density at radius 2 is 2.18 bits per heavy atom. The van der Waals surface area contributed by atoms with Crippen molar-refractivity contribution in [3.05, 3.63) is 0 Å². The van der Waals surface area contributed by atoms with Crippen LogP contribution in [0, 0.1) is 0 Å². The standard InChI is InChI=1S/C8H13ClN2/c9-8-3-1-5-10-7(8)11-6-2-4-8/h1-6H2,(H,10,11). The van der Waals surface area contributed by atoms with Gasteiger partial charge in [-0.2, -0.15) is 0 Å². The SMILES string of the molecule is ClC12CCCN=C1NCCC2. The smallest absolute Gasteiger partial charge is 0.118 e. The van der Waals surface area contributed by atoms with Gasteiger partial charge in [0.25, 0.3) is 0 Å². The zero-order valence-corrected chi connectivity index (χ0v) is 7.32. The molecule has 0 amide bonds. The van der Waals surface area contributed by atoms with E-state index < -0.39 is 0 Å². The van der Waals surface area contributed by atoms with E-state index >= 15 is 0 Å². The Hall–Kier alpha value is -0.240. The summed E-state index contributed by atoms with van der Waals surface area (Å²) in [5.41, 5.74) is 0. The first-order valence-electron chi connectivity index (χ1n) is 4.29. The van der Waals surface area contributed by atoms with E-state index in [-0.39, 0.29) is 4.87 Å². The zero-order chi connectivity index (χ0) is 7.73. The van der Waals surface area contributed by atoms with E-state index in [2.05, 4.69) is 10.3 Å². The first-order valence-corrected chi connectivity index (χ1v) is 4.67. The molecule has 0 aliphatic carbocycles. The van der Waals surface area contributed by atoms with Gasteiger partial charge in [-0.05, 0) is 25.7 Å². The Labute approximate surface area is 72.0 Å². The molecule has 2 aliphatic heterocycles. The van der Waals surface area contributed by atoms with Crippen LogP contribution in [0.1, 0.15) is 25.7 Å². The van der Waals surface area contributed by atoms with E-state index in [1.807, 2.05) is 0 Å². The molecule has 0 spiro atoms. The van der Waals surface area contributed by atoms with Crippen molar-refractivity contribution in [1.29, 1.82) is 0 Å². The summed E-state index contributed by atoms with van der Waals surface area (Å²) in [5, 5.41) is 3.28. The second-order valence-electron chi connectivity index (χ2n) is 3.33. The number of halogens is 1. The Kier molecular flexibility index (Phi) is 1.80. The quantitative estimate of drug-likeness (QED) is 0.551. The van der Waals surface area contributed by atoms with Gasteiger partial charge in [-0.1, -0.05) is 0 Å². The van der Waals surface area contributed by atoms with E-state index in [9.17, 15) is 0 Å². The van der Waals surface area contributed by atoms with E-state index in [0.717, 1.165) is 38.2 Å². The highest BCUT2D eigenvalue weighted by atomic mass is 35.5. The minimum atomic E-state index is -0.115. The average Bonchev–Trinajstić information content (AvgIpc) is 2.03. The molecule has 0 bridgehead atoms. The van der Waals surface area contributed by atoms with Crippen molar-refractivity contribution in [2.45, 2.75) is 30.6 Å². The average molecular weight is 173 g/mol. The van der Waals surface area contributed by atoms with Crippen molar-refractivity contribution in [2.75, 3.05) is 13.1 Å². The summed E-state index contributed by atoms with van der Waals surface area (Å²) < 4.78 is 0. The van der Waals surface area contributed by atoms with Gasteiger partial charge in [-0.3, -0.25) is 4.99 Å². The summed E-state index contributed by atoms with van der Waals surface area (Å²) in [6.45, 7) is 2.00. The number of nitrogens with one attached hydrogen (secondary N) is 1. The van der Waals surface area contributed by atoms with Crippen molar-refractivity contribution >= 4 is 17.4 Å². The van der Waals surface area contributed by atoms with Crippen molar-refractivity contribution in [3.8, 4) is 0 Å². The van der Waals surface area contributed by atoms with Gasteiger partial charge in [-0.25, -0.2) is 0 Å². The van der Waals surface area contributed by atoms with Crippen LogP contribution in [0.15, 0.2) is 4.99 Å². The number of aliphatic imine (C=N–C) groups is 1. The molecular formula is C8H13ClN2. The number of rotatable bonds is 0. The summed E-state index contributed by atoms with van der Waals surface area (Å²) in [5.74, 6) is 1.05. The molecule has 1 N–H and O–H groups in total. The normalized spacial score (nSPS) is 37.0. The van der Waals surface area contributed by atoms with Crippen molar-refractivity contribution in [2.24, 2.45) is 4.99 Å². The molecule has 1 fully saturated rings. The van der Waals surface area contributed by atoms with Gasteiger partial charge in [0.1, 0.15) is 10.7 Å². The monoisotopic (exact) mass is 172 g/mol. The molecule has 3 heteroatoms. The lowest BCUT2D eigenvalue weighted by atomic mass is 9.90. The molecule has 62 valence electrons. The Balaban J connectivity index is 2.22. The topological polar surface area (TPSA) is 24.4 Å². The number of piperidine rings is 1. The van der Waals surface area contributed by atoms with Gasteiger partial charge < -0.3 is 5.32 Å². The molecule has 2 aliphatic rings. The molecule has 0 aromatic rings. The third-order valence-corrected chi connectivity index (χ3v) is 3.02. The lowest BCUT2D eigenvalue weighted by Crippen LogP contribution is -2.49. The Morgan fingerprint density at radius 3 is 3.00 bits per heavy atom. The van der Waals surface area contributed by atoms with E-state index in [4.69, 9.17) is 11.6 Å². The molecule has 0 saturated carbocycles. The number of alkyl halides is 1. The number of nitrogens with zero attached hydrogens (tertiary/aromatic N) is 1. The molecule has 11 heavy (non-hydrogen) atoms. The highest BCUT2D eigenvalue weighted by molar-refractivity contribution is 6.36. The number of fused-ring (bicyclic) bond motifs is 1. The number of amidine groups is 1. The second kappa shape index (κ2) is 2.67. The van der Waals surface area contributed by atoms with Gasteiger partial charge in [0.2, 0.25) is 0 Å². The first kappa shape index (κ1) is 7.41. The maximum absolute atomic E-state index is 6.38. The molecule has 1 unspecified atom stereocenters. The molecule has 2 rings (SSSR count). The molecule has 0 radical (unpaired) electrons. The zero-order valence-electron chi connectivity index (χ0n) is 6.57. The summed E-state index contributed by atoms with van der Waals surface area (Å²) >= 11 is 6.38. The van der Waals surface area contributed by atoms with Crippen molar-refractivity contribution < 1.29 is 0 Å². The van der Waals surface area contributed by atoms with Crippen LogP contribution in [-0.4, -0.2) is 23.8 Å². The number of hydrogen-bond donors (Lipinski definition) is 1. The molecule has 0 aromatic carbocycles. The summed E-state index contributed by atoms with van der Waals surface area (Å²) in [6, 6.07) is 0. The highest BCUT2D eigenvalue weighted by Crippen LogP contribution is 2.33. The van der Waals surface area contributed by atoms with Gasteiger partial charge in [0.15, 0.2) is 0 Å². The van der Waals surface area contributed by atoms with E-state index in [0.29, 0.717) is 0 Å². The first-order chi connectivity index (χ1) is 5.31. The molecule has 1 saturated heterocycles. The Morgan fingerprint density at radius 1 is 1.36 bits per heavy atom. The Bertz CT molecular complexity index is 191. The maximum atomic E-state index is 6.38. The lowest BCUT2D eigenvalue weighted by molar-refractivity contribution is 0.491. The molecule has 2 heterocycles. The maximum Gasteiger partial charge on any atom is 0.118 e. The number of hydrogen-bond acceptors (Lipinski definition) is 2. The predicted octanol–water partition coefficient (Wildman–Crippen LogP) is 1.54. The van der Waals surface area contributed by atoms with Gasteiger partial charge in [0.05, 0.1) is 0 Å². The summed E-state index contributed by atoms with van der Waals surface area (Å²) in [4.78, 5) is 4.28. The van der Waals surface area contributed by atoms with Gasteiger partial charge in [-0.15, -0.1) is 11.6 Å². The molecule has 2 nitrogen and oxygen atoms in total. The van der Waals surface area contributed by atoms with Crippen LogP contribution in [-0.2, 0) is 0 Å². The van der Waals surface area contributed by atoms with Gasteiger partial charge >= 0.3 is 0 Å². The third-order valence-electron chi connectivity index (χ3n) is 2.47. The summed E-state index contributed by atoms with van der Waals surface area (Å²) in [7, 11) is 0. The van der Waals surface area contributed by atoms with Crippen molar-refractivity contribution in [1.82, 2.24) is 5.32 Å². The second-order valence-corrected chi connectivity index (χ2v) is 4.05. The fourth-order valence-electron chi connectivity index (χ4n) is 1.84. The highest BCUT2D eigenvalue weighted by Gasteiger charge is 2.37. The van der Waals surface area contributed by atoms with Crippen LogP contribution in [0.3, 0.4) is 0 Å². The minimum absolute atomic E-state index is 0.115. The molecular weight excluding hydrogens is 160 g/mol. The summed E-state index contributed by atoms with van der Waals surface area (Å²) in [6.07, 6.45) is 4.53. The third kappa shape index (κ3) is 1.24. The fraction of sp³-hybridized carbons (Fsp3) is 0.875. The molecule has 1 atom stereocenters. The van der Waals surface area contributed by atoms with E-state index in [1.165, 1.54) is 6.42 Å². The van der Waals surface area contributed by atoms with Crippen LogP contribution >= 0.6 is 11.6 Å². The van der Waals surface area contributed by atoms with E-state index in [1.54, 1.807) is 0 Å². The lowest BCUT2D eigenvalue weighted by Gasteiger charge is -2.36. The largest absolute Gasteiger partial charge is 0.372 e. The minimum Gasteiger partial charge on any atom is -0.372 e. The van der Waals surface area contributed by atoms with Crippen molar-refractivity contribution in [3.63, 3.8) is 0 Å². The van der Waals surface area contributed by atoms with Crippen LogP contribution in [0.4, 0.5) is 0 Å².